The molecule has 0 aliphatic carbocycles. The molecule has 1 amide bonds. The minimum atomic E-state index is -5.10. The highest BCUT2D eigenvalue weighted by Crippen LogP contribution is 2.29. The molecule has 0 aliphatic heterocycles. The molecule has 6 nitrogen and oxygen atoms in total. The number of rotatable bonds is 4. The van der Waals surface area contributed by atoms with Crippen molar-refractivity contribution < 1.29 is 40.5 Å². The molecule has 0 N–H and O–H groups in total. The maximum absolute atomic E-state index is 12.4. The third kappa shape index (κ3) is 4.47. The zero-order valence-electron chi connectivity index (χ0n) is 12.4. The molecule has 0 aliphatic rings. The highest BCUT2D eigenvalue weighted by atomic mass is 19.4. The molecular formula is C13H9F6N3O3. The molecule has 136 valence electrons. The summed E-state index contributed by atoms with van der Waals surface area (Å²) >= 11 is 0. The molecule has 0 bridgehead atoms. The fraction of sp³-hybridized carbons (Fsp3) is 0.308. The van der Waals surface area contributed by atoms with Crippen LogP contribution in [0.1, 0.15) is 11.5 Å². The molecular weight excluding hydrogens is 360 g/mol. The predicted molar refractivity (Wildman–Crippen MR) is 68.3 cm³/mol. The van der Waals surface area contributed by atoms with Gasteiger partial charge >= 0.3 is 24.2 Å². The summed E-state index contributed by atoms with van der Waals surface area (Å²) in [5.74, 6) is -4.05. The Kier molecular flexibility index (Phi) is 5.02. The molecule has 0 unspecified atom stereocenters. The number of amides is 1. The van der Waals surface area contributed by atoms with Crippen molar-refractivity contribution in [1.29, 1.82) is 0 Å². The number of carbonyl (C=O) groups excluding carboxylic acids is 1. The Morgan fingerprint density at radius 1 is 1.16 bits per heavy atom. The van der Waals surface area contributed by atoms with Gasteiger partial charge in [-0.25, -0.2) is 5.06 Å². The standard InChI is InChI=1S/C13H9F6N3O3/c1-24-22(11(23)13(17,18)19)6-7-2-4-8(5-3-7)9-20-10(25-21-9)12(14,15)16/h2-5H,6H2,1H3. The van der Waals surface area contributed by atoms with Gasteiger partial charge in [0.15, 0.2) is 0 Å². The van der Waals surface area contributed by atoms with Crippen molar-refractivity contribution in [3.8, 4) is 11.4 Å². The Bertz CT molecular complexity index is 739. The number of hydrogen-bond donors (Lipinski definition) is 0. The molecule has 12 heteroatoms. The van der Waals surface area contributed by atoms with Crippen LogP contribution in [0.5, 0.6) is 0 Å². The third-order valence-electron chi connectivity index (χ3n) is 2.90. The summed E-state index contributed by atoms with van der Waals surface area (Å²) in [6, 6.07) is 5.11. The normalized spacial score (nSPS) is 12.3. The minimum Gasteiger partial charge on any atom is -0.329 e. The van der Waals surface area contributed by atoms with E-state index in [-0.39, 0.29) is 22.0 Å². The first-order valence-corrected chi connectivity index (χ1v) is 6.45. The first-order chi connectivity index (χ1) is 11.5. The van der Waals surface area contributed by atoms with Crippen LogP contribution in [0.4, 0.5) is 26.3 Å². The van der Waals surface area contributed by atoms with E-state index in [0.29, 0.717) is 0 Å². The largest absolute Gasteiger partial charge is 0.473 e. The van der Waals surface area contributed by atoms with Gasteiger partial charge < -0.3 is 4.52 Å². The maximum atomic E-state index is 12.4. The number of benzene rings is 1. The number of aromatic nitrogens is 2. The van der Waals surface area contributed by atoms with Crippen molar-refractivity contribution in [3.63, 3.8) is 0 Å². The molecule has 0 radical (unpaired) electrons. The van der Waals surface area contributed by atoms with E-state index in [1.54, 1.807) is 0 Å². The summed E-state index contributed by atoms with van der Waals surface area (Å²) in [6.45, 7) is -0.519. The fourth-order valence-electron chi connectivity index (χ4n) is 1.74. The summed E-state index contributed by atoms with van der Waals surface area (Å²) in [7, 11) is 0.899. The van der Waals surface area contributed by atoms with Crippen LogP contribution >= 0.6 is 0 Å². The van der Waals surface area contributed by atoms with Gasteiger partial charge in [-0.15, -0.1) is 0 Å². The van der Waals surface area contributed by atoms with Crippen LogP contribution in [-0.4, -0.2) is 34.4 Å². The monoisotopic (exact) mass is 369 g/mol. The summed E-state index contributed by atoms with van der Waals surface area (Å²) in [4.78, 5) is 18.7. The second-order valence-electron chi connectivity index (χ2n) is 4.64. The highest BCUT2D eigenvalue weighted by molar-refractivity contribution is 5.80. The lowest BCUT2D eigenvalue weighted by Crippen LogP contribution is -2.39. The summed E-state index contributed by atoms with van der Waals surface area (Å²) in [5, 5.41) is 3.28. The van der Waals surface area contributed by atoms with Gasteiger partial charge in [-0.3, -0.25) is 9.63 Å². The third-order valence-corrected chi connectivity index (χ3v) is 2.90. The van der Waals surface area contributed by atoms with E-state index < -0.39 is 30.7 Å². The SMILES string of the molecule is CON(Cc1ccc(-c2noc(C(F)(F)F)n2)cc1)C(=O)C(F)(F)F. The average Bonchev–Trinajstić information content (AvgIpc) is 3.02. The molecule has 0 saturated carbocycles. The smallest absolute Gasteiger partial charge is 0.329 e. The van der Waals surface area contributed by atoms with Gasteiger partial charge in [0.25, 0.3) is 0 Å². The number of carbonyl (C=O) groups is 1. The zero-order chi connectivity index (χ0) is 18.8. The van der Waals surface area contributed by atoms with E-state index in [2.05, 4.69) is 19.5 Å². The van der Waals surface area contributed by atoms with Gasteiger partial charge in [0.1, 0.15) is 0 Å². The van der Waals surface area contributed by atoms with Gasteiger partial charge in [0.2, 0.25) is 5.82 Å². The van der Waals surface area contributed by atoms with E-state index in [0.717, 1.165) is 7.11 Å². The fourth-order valence-corrected chi connectivity index (χ4v) is 1.74. The Hall–Kier alpha value is -2.63. The van der Waals surface area contributed by atoms with Crippen LogP contribution in [0.25, 0.3) is 11.4 Å². The van der Waals surface area contributed by atoms with E-state index >= 15 is 0 Å². The zero-order valence-corrected chi connectivity index (χ0v) is 12.4. The number of alkyl halides is 6. The number of nitrogens with zero attached hydrogens (tertiary/aromatic N) is 3. The molecule has 2 rings (SSSR count). The lowest BCUT2D eigenvalue weighted by atomic mass is 10.1. The van der Waals surface area contributed by atoms with Gasteiger partial charge in [-0.05, 0) is 5.56 Å². The minimum absolute atomic E-state index is 0.102. The van der Waals surface area contributed by atoms with Crippen molar-refractivity contribution in [2.75, 3.05) is 7.11 Å². The van der Waals surface area contributed by atoms with Crippen LogP contribution in [0.2, 0.25) is 0 Å². The van der Waals surface area contributed by atoms with Crippen LogP contribution in [0, 0.1) is 0 Å². The van der Waals surface area contributed by atoms with Crippen molar-refractivity contribution >= 4 is 5.91 Å². The van der Waals surface area contributed by atoms with Crippen molar-refractivity contribution in [2.45, 2.75) is 18.9 Å². The lowest BCUT2D eigenvalue weighted by molar-refractivity contribution is -0.225. The Morgan fingerprint density at radius 3 is 2.20 bits per heavy atom. The Labute approximate surface area is 135 Å². The molecule has 25 heavy (non-hydrogen) atoms. The topological polar surface area (TPSA) is 68.5 Å². The number of hydroxylamine groups is 2. The van der Waals surface area contributed by atoms with E-state index in [9.17, 15) is 31.1 Å². The summed E-state index contributed by atoms with van der Waals surface area (Å²) in [5.41, 5.74) is 0.386. The first-order valence-electron chi connectivity index (χ1n) is 6.45. The molecule has 0 spiro atoms. The molecule has 1 aromatic carbocycles. The summed E-state index contributed by atoms with van der Waals surface area (Å²) in [6.07, 6.45) is -9.89. The van der Waals surface area contributed by atoms with Gasteiger partial charge in [0, 0.05) is 5.56 Å². The van der Waals surface area contributed by atoms with Crippen molar-refractivity contribution in [1.82, 2.24) is 15.2 Å². The Morgan fingerprint density at radius 2 is 1.76 bits per heavy atom. The van der Waals surface area contributed by atoms with Crippen LogP contribution in [0.3, 0.4) is 0 Å². The average molecular weight is 369 g/mol. The van der Waals surface area contributed by atoms with Crippen LogP contribution < -0.4 is 0 Å². The first kappa shape index (κ1) is 18.7. The summed E-state index contributed by atoms with van der Waals surface area (Å²) < 4.78 is 78.4. The van der Waals surface area contributed by atoms with Crippen molar-refractivity contribution in [3.05, 3.63) is 35.7 Å². The molecule has 1 aromatic heterocycles. The molecule has 2 aromatic rings. The van der Waals surface area contributed by atoms with Gasteiger partial charge in [-0.1, -0.05) is 29.4 Å². The maximum Gasteiger partial charge on any atom is 0.473 e. The van der Waals surface area contributed by atoms with Crippen LogP contribution in [0.15, 0.2) is 28.8 Å². The van der Waals surface area contributed by atoms with Crippen LogP contribution in [-0.2, 0) is 22.4 Å². The molecule has 0 saturated heterocycles. The highest BCUT2D eigenvalue weighted by Gasteiger charge is 2.43. The number of hydrogen-bond acceptors (Lipinski definition) is 5. The Balaban J connectivity index is 2.14. The second-order valence-corrected chi connectivity index (χ2v) is 4.64. The lowest BCUT2D eigenvalue weighted by Gasteiger charge is -2.20. The van der Waals surface area contributed by atoms with E-state index in [1.807, 2.05) is 0 Å². The van der Waals surface area contributed by atoms with E-state index in [1.165, 1.54) is 24.3 Å². The molecule has 0 fully saturated rings. The van der Waals surface area contributed by atoms with E-state index in [4.69, 9.17) is 0 Å². The predicted octanol–water partition coefficient (Wildman–Crippen LogP) is 3.21. The van der Waals surface area contributed by atoms with Crippen molar-refractivity contribution in [2.24, 2.45) is 0 Å². The van der Waals surface area contributed by atoms with Gasteiger partial charge in [-0.2, -0.15) is 31.3 Å². The van der Waals surface area contributed by atoms with Gasteiger partial charge in [0.05, 0.1) is 13.7 Å². The quantitative estimate of drug-likeness (QED) is 0.612. The number of halogens is 6. The second kappa shape index (κ2) is 6.70. The molecule has 1 heterocycles. The molecule has 0 atom stereocenters.